The fraction of sp³-hybridized carbons (Fsp3) is 0.125. The van der Waals surface area contributed by atoms with Crippen LogP contribution in [0.1, 0.15) is 79.3 Å². The molecule has 4 aromatic rings. The molecular formula is C32H22. The van der Waals surface area contributed by atoms with Gasteiger partial charge >= 0.3 is 0 Å². The Morgan fingerprint density at radius 2 is 0.594 bits per heavy atom. The topological polar surface area (TPSA) is 0 Å². The second kappa shape index (κ2) is 5.58. The maximum Gasteiger partial charge on any atom is 0.0349 e. The fourth-order valence-electron chi connectivity index (χ4n) is 7.24. The molecule has 0 spiro atoms. The lowest BCUT2D eigenvalue weighted by Crippen LogP contribution is -2.32. The average Bonchev–Trinajstić information content (AvgIpc) is 2.84. The lowest BCUT2D eigenvalue weighted by molar-refractivity contribution is 0.711. The van der Waals surface area contributed by atoms with Crippen molar-refractivity contribution in [3.8, 4) is 0 Å². The summed E-state index contributed by atoms with van der Waals surface area (Å²) in [7, 11) is 0. The smallest absolute Gasteiger partial charge is 0.0349 e. The van der Waals surface area contributed by atoms with E-state index in [-0.39, 0.29) is 11.8 Å². The monoisotopic (exact) mass is 406 g/mol. The van der Waals surface area contributed by atoms with Gasteiger partial charge in [0.05, 0.1) is 0 Å². The largest absolute Gasteiger partial charge is 0.0946 e. The number of fused-ring (bicyclic) bond motifs is 1. The van der Waals surface area contributed by atoms with E-state index >= 15 is 0 Å². The normalized spacial score (nSPS) is 25.0. The summed E-state index contributed by atoms with van der Waals surface area (Å²) in [6, 6.07) is 32.2. The van der Waals surface area contributed by atoms with E-state index in [4.69, 9.17) is 0 Å². The maximum absolute atomic E-state index is 4.51. The molecule has 32 heavy (non-hydrogen) atoms. The van der Waals surface area contributed by atoms with Gasteiger partial charge in [-0.3, -0.25) is 0 Å². The second-order valence-corrected chi connectivity index (χ2v) is 9.78. The molecule has 6 aliphatic rings. The number of allylic oxidation sites excluding steroid dienone is 2. The molecule has 0 heterocycles. The van der Waals surface area contributed by atoms with E-state index in [0.29, 0.717) is 11.8 Å². The molecule has 0 saturated heterocycles. The molecule has 2 unspecified atom stereocenters. The highest BCUT2D eigenvalue weighted by molar-refractivity contribution is 5.74. The van der Waals surface area contributed by atoms with Crippen LogP contribution in [0, 0.1) is 0 Å². The highest BCUT2D eigenvalue weighted by atomic mass is 14.5. The van der Waals surface area contributed by atoms with Crippen molar-refractivity contribution in [2.75, 3.05) is 0 Å². The molecule has 0 fully saturated rings. The van der Waals surface area contributed by atoms with Crippen LogP contribution in [0.2, 0.25) is 0 Å². The van der Waals surface area contributed by atoms with Crippen LogP contribution in [0.5, 0.6) is 0 Å². The van der Waals surface area contributed by atoms with Crippen LogP contribution >= 0.6 is 0 Å². The molecule has 0 N–H and O–H groups in total. The van der Waals surface area contributed by atoms with Crippen LogP contribution in [0.3, 0.4) is 0 Å². The Bertz CT molecular complexity index is 1370. The van der Waals surface area contributed by atoms with Gasteiger partial charge in [-0.15, -0.1) is 0 Å². The first-order chi connectivity index (χ1) is 15.7. The van der Waals surface area contributed by atoms with E-state index in [1.54, 1.807) is 0 Å². The Kier molecular flexibility index (Phi) is 2.96. The minimum absolute atomic E-state index is 0.231. The van der Waals surface area contributed by atoms with Crippen molar-refractivity contribution in [2.45, 2.75) is 23.7 Å². The number of benzene rings is 4. The van der Waals surface area contributed by atoms with Gasteiger partial charge in [0.2, 0.25) is 0 Å². The van der Waals surface area contributed by atoms with Gasteiger partial charge in [-0.25, -0.2) is 0 Å². The predicted molar refractivity (Wildman–Crippen MR) is 130 cm³/mol. The molecule has 2 atom stereocenters. The van der Waals surface area contributed by atoms with Crippen LogP contribution in [-0.2, 0) is 0 Å². The summed E-state index contributed by atoms with van der Waals surface area (Å²) in [4.78, 5) is 0. The van der Waals surface area contributed by atoms with Crippen molar-refractivity contribution in [1.82, 2.24) is 0 Å². The Morgan fingerprint density at radius 3 is 0.906 bits per heavy atom. The van der Waals surface area contributed by atoms with Gasteiger partial charge in [0.15, 0.2) is 0 Å². The molecule has 6 aliphatic carbocycles. The first-order valence-electron chi connectivity index (χ1n) is 11.6. The predicted octanol–water partition coefficient (Wildman–Crippen LogP) is 7.38. The third kappa shape index (κ3) is 1.79. The van der Waals surface area contributed by atoms with E-state index in [9.17, 15) is 0 Å². The number of hydrogen-bond acceptors (Lipinski definition) is 0. The van der Waals surface area contributed by atoms with Gasteiger partial charge in [0, 0.05) is 23.7 Å². The van der Waals surface area contributed by atoms with E-state index in [1.807, 2.05) is 0 Å². The highest BCUT2D eigenvalue weighted by Gasteiger charge is 2.46. The molecule has 4 aromatic carbocycles. The number of rotatable bonds is 0. The van der Waals surface area contributed by atoms with Gasteiger partial charge in [-0.2, -0.15) is 0 Å². The molecular weight excluding hydrogens is 384 g/mol. The Labute approximate surface area is 188 Å². The van der Waals surface area contributed by atoms with Crippen LogP contribution in [0.4, 0.5) is 0 Å². The average molecular weight is 407 g/mol. The van der Waals surface area contributed by atoms with Crippen molar-refractivity contribution in [2.24, 2.45) is 0 Å². The third-order valence-electron chi connectivity index (χ3n) is 8.50. The van der Waals surface area contributed by atoms with E-state index in [2.05, 4.69) is 98.1 Å². The molecule has 150 valence electrons. The maximum atomic E-state index is 4.51. The molecule has 0 nitrogen and oxygen atoms in total. The molecule has 0 aliphatic heterocycles. The molecule has 0 radical (unpaired) electrons. The summed E-state index contributed by atoms with van der Waals surface area (Å²) in [5.74, 6) is 1.10. The van der Waals surface area contributed by atoms with E-state index in [1.165, 1.54) is 66.8 Å². The second-order valence-electron chi connectivity index (χ2n) is 9.78. The Morgan fingerprint density at radius 1 is 0.344 bits per heavy atom. The SMILES string of the molecule is C=C1C(=C)C2c3ccccc3C1c1cc3c(cc12)C1c2ccccc2C3c2ccccc21. The van der Waals surface area contributed by atoms with Gasteiger partial charge in [0.25, 0.3) is 0 Å². The van der Waals surface area contributed by atoms with Gasteiger partial charge in [0.1, 0.15) is 0 Å². The minimum Gasteiger partial charge on any atom is -0.0946 e. The van der Waals surface area contributed by atoms with Crippen molar-refractivity contribution in [1.29, 1.82) is 0 Å². The molecule has 4 bridgehead atoms. The fourth-order valence-corrected chi connectivity index (χ4v) is 7.24. The first kappa shape index (κ1) is 17.0. The van der Waals surface area contributed by atoms with Gasteiger partial charge in [-0.1, -0.05) is 98.1 Å². The summed E-state index contributed by atoms with van der Waals surface area (Å²) >= 11 is 0. The highest BCUT2D eigenvalue weighted by Crippen LogP contribution is 2.61. The molecule has 0 aromatic heterocycles. The Hall–Kier alpha value is -3.64. The lowest BCUT2D eigenvalue weighted by atomic mass is 9.56. The summed E-state index contributed by atoms with van der Waals surface area (Å²) in [6.45, 7) is 9.02. The molecule has 0 amide bonds. The summed E-state index contributed by atoms with van der Waals surface area (Å²) in [5, 5.41) is 0. The standard InChI is InChI=1S/C32H22/c1-17-18(2)30-20-10-4-3-9-19(20)29(17)25-15-27-28(16-26(25)30)32-23-13-7-5-11-21(23)31(27)22-12-6-8-14-24(22)32/h3-16,29-32H,1-2H2. The number of hydrogen-bond donors (Lipinski definition) is 0. The van der Waals surface area contributed by atoms with Crippen molar-refractivity contribution in [3.63, 3.8) is 0 Å². The summed E-state index contributed by atoms with van der Waals surface area (Å²) in [6.07, 6.45) is 0. The molecule has 0 heteroatoms. The van der Waals surface area contributed by atoms with Crippen molar-refractivity contribution in [3.05, 3.63) is 165 Å². The minimum atomic E-state index is 0.231. The lowest BCUT2D eigenvalue weighted by Gasteiger charge is -2.47. The van der Waals surface area contributed by atoms with Crippen LogP contribution < -0.4 is 0 Å². The quantitative estimate of drug-likeness (QED) is 0.247. The molecule has 0 saturated carbocycles. The zero-order valence-electron chi connectivity index (χ0n) is 17.8. The summed E-state index contributed by atoms with van der Waals surface area (Å²) in [5.41, 5.74) is 17.0. The first-order valence-corrected chi connectivity index (χ1v) is 11.6. The zero-order valence-corrected chi connectivity index (χ0v) is 17.8. The summed E-state index contributed by atoms with van der Waals surface area (Å²) < 4.78 is 0. The van der Waals surface area contributed by atoms with Crippen molar-refractivity contribution >= 4 is 0 Å². The van der Waals surface area contributed by atoms with E-state index in [0.717, 1.165) is 0 Å². The van der Waals surface area contributed by atoms with Crippen LogP contribution in [0.25, 0.3) is 0 Å². The van der Waals surface area contributed by atoms with Gasteiger partial charge in [-0.05, 0) is 66.8 Å². The Balaban J connectivity index is 1.45. The van der Waals surface area contributed by atoms with Crippen LogP contribution in [0.15, 0.2) is 109 Å². The van der Waals surface area contributed by atoms with Gasteiger partial charge < -0.3 is 0 Å². The zero-order chi connectivity index (χ0) is 21.1. The third-order valence-corrected chi connectivity index (χ3v) is 8.50. The van der Waals surface area contributed by atoms with Crippen molar-refractivity contribution < 1.29 is 0 Å². The van der Waals surface area contributed by atoms with Crippen LogP contribution in [-0.4, -0.2) is 0 Å². The van der Waals surface area contributed by atoms with E-state index < -0.39 is 0 Å². The molecule has 10 rings (SSSR count).